The number of nitriles is 1. The molecule has 0 saturated carbocycles. The summed E-state index contributed by atoms with van der Waals surface area (Å²) >= 11 is 7.64. The van der Waals surface area contributed by atoms with E-state index in [0.717, 1.165) is 16.0 Å². The van der Waals surface area contributed by atoms with Gasteiger partial charge in [0.25, 0.3) is 0 Å². The molecule has 2 rings (SSSR count). The fourth-order valence-corrected chi connectivity index (χ4v) is 2.87. The Morgan fingerprint density at radius 2 is 2.00 bits per heavy atom. The van der Waals surface area contributed by atoms with E-state index in [1.807, 2.05) is 42.6 Å². The fourth-order valence-electron chi connectivity index (χ4n) is 1.61. The Labute approximate surface area is 115 Å². The first-order valence-corrected chi connectivity index (χ1v) is 6.60. The van der Waals surface area contributed by atoms with Crippen molar-refractivity contribution in [1.29, 1.82) is 5.26 Å². The largest absolute Gasteiger partial charge is 0.396 e. The van der Waals surface area contributed by atoms with E-state index in [4.69, 9.17) is 17.3 Å². The van der Waals surface area contributed by atoms with E-state index in [1.165, 1.54) is 11.3 Å². The number of benzene rings is 1. The Morgan fingerprint density at radius 3 is 2.50 bits per heavy atom. The molecule has 0 atom stereocenters. The van der Waals surface area contributed by atoms with Crippen molar-refractivity contribution in [3.63, 3.8) is 0 Å². The number of aryl methyl sites for hydroxylation is 1. The topological polar surface area (TPSA) is 49.8 Å². The van der Waals surface area contributed by atoms with Crippen molar-refractivity contribution in [1.82, 2.24) is 0 Å². The Hall–Kier alpha value is -1.76. The van der Waals surface area contributed by atoms with Gasteiger partial charge in [0.1, 0.15) is 6.07 Å². The van der Waals surface area contributed by atoms with E-state index in [1.54, 1.807) is 0 Å². The van der Waals surface area contributed by atoms with Gasteiger partial charge in [0.05, 0.1) is 21.2 Å². The maximum absolute atomic E-state index is 9.28. The molecule has 0 bridgehead atoms. The van der Waals surface area contributed by atoms with E-state index in [9.17, 15) is 5.26 Å². The number of allylic oxidation sites excluding steroid dienone is 1. The Balaban J connectivity index is 2.59. The number of thiophene rings is 1. The van der Waals surface area contributed by atoms with Crippen LogP contribution in [0.4, 0.5) is 0 Å². The van der Waals surface area contributed by atoms with E-state index in [0.29, 0.717) is 16.3 Å². The number of nitrogens with two attached hydrogens (primary N) is 1. The lowest BCUT2D eigenvalue weighted by Gasteiger charge is -2.04. The second-order valence-corrected chi connectivity index (χ2v) is 5.09. The third-order valence-corrected chi connectivity index (χ3v) is 4.32. The molecule has 0 fully saturated rings. The highest BCUT2D eigenvalue weighted by molar-refractivity contribution is 7.12. The van der Waals surface area contributed by atoms with Crippen LogP contribution in [0.5, 0.6) is 0 Å². The van der Waals surface area contributed by atoms with Crippen LogP contribution in [0.15, 0.2) is 35.7 Å². The van der Waals surface area contributed by atoms with Gasteiger partial charge in [-0.25, -0.2) is 0 Å². The summed E-state index contributed by atoms with van der Waals surface area (Å²) in [7, 11) is 0. The zero-order valence-corrected chi connectivity index (χ0v) is 11.3. The normalized spacial score (nSPS) is 11.8. The van der Waals surface area contributed by atoms with E-state index >= 15 is 0 Å². The van der Waals surface area contributed by atoms with Gasteiger partial charge in [0.15, 0.2) is 0 Å². The lowest BCUT2D eigenvalue weighted by atomic mass is 10.0. The van der Waals surface area contributed by atoms with Crippen LogP contribution < -0.4 is 5.73 Å². The molecule has 0 saturated heterocycles. The van der Waals surface area contributed by atoms with Crippen LogP contribution >= 0.6 is 22.9 Å². The Kier molecular flexibility index (Phi) is 3.71. The third kappa shape index (κ3) is 2.26. The Bertz CT molecular complexity index is 636. The molecule has 0 amide bonds. The van der Waals surface area contributed by atoms with Gasteiger partial charge in [0.2, 0.25) is 0 Å². The lowest BCUT2D eigenvalue weighted by molar-refractivity contribution is 1.49. The number of hydrogen-bond donors (Lipinski definition) is 1. The quantitative estimate of drug-likeness (QED) is 0.840. The number of rotatable bonds is 2. The van der Waals surface area contributed by atoms with Crippen LogP contribution in [0.25, 0.3) is 11.3 Å². The molecule has 2 nitrogen and oxygen atoms in total. The molecule has 1 aromatic heterocycles. The molecule has 0 aliphatic rings. The molecule has 0 aliphatic carbocycles. The van der Waals surface area contributed by atoms with Crippen LogP contribution in [0.3, 0.4) is 0 Å². The number of nitrogens with zero attached hydrogens (tertiary/aromatic N) is 1. The highest BCUT2D eigenvalue weighted by Crippen LogP contribution is 2.34. The molecule has 0 aliphatic heterocycles. The zero-order chi connectivity index (χ0) is 13.1. The molecule has 0 unspecified atom stereocenters. The van der Waals surface area contributed by atoms with Crippen LogP contribution in [0.2, 0.25) is 5.02 Å². The standard InChI is InChI=1S/C14H11ClN2S/c1-9-8-18-14(12(9)15)13(17)11(7-16)10-5-3-2-4-6-10/h2-6,8H,17H2,1H3/b13-11+. The first-order valence-electron chi connectivity index (χ1n) is 5.34. The van der Waals surface area contributed by atoms with Crippen molar-refractivity contribution in [2.45, 2.75) is 6.92 Å². The summed E-state index contributed by atoms with van der Waals surface area (Å²) < 4.78 is 0. The summed E-state index contributed by atoms with van der Waals surface area (Å²) in [6.07, 6.45) is 0. The fraction of sp³-hybridized carbons (Fsp3) is 0.0714. The van der Waals surface area contributed by atoms with Gasteiger partial charge in [-0.1, -0.05) is 41.9 Å². The van der Waals surface area contributed by atoms with Crippen LogP contribution in [0, 0.1) is 18.3 Å². The predicted octanol–water partition coefficient (Wildman–Crippen LogP) is 4.06. The highest BCUT2D eigenvalue weighted by Gasteiger charge is 2.14. The minimum absolute atomic E-state index is 0.437. The van der Waals surface area contributed by atoms with Crippen molar-refractivity contribution >= 4 is 34.2 Å². The summed E-state index contributed by atoms with van der Waals surface area (Å²) in [5, 5.41) is 11.8. The van der Waals surface area contributed by atoms with Crippen molar-refractivity contribution in [3.05, 3.63) is 56.7 Å². The highest BCUT2D eigenvalue weighted by atomic mass is 35.5. The van der Waals surface area contributed by atoms with Crippen molar-refractivity contribution < 1.29 is 0 Å². The van der Waals surface area contributed by atoms with Crippen molar-refractivity contribution in [2.24, 2.45) is 5.73 Å². The predicted molar refractivity (Wildman–Crippen MR) is 77.1 cm³/mol. The van der Waals surface area contributed by atoms with E-state index < -0.39 is 0 Å². The van der Waals surface area contributed by atoms with Crippen LogP contribution in [-0.2, 0) is 0 Å². The molecule has 90 valence electrons. The summed E-state index contributed by atoms with van der Waals surface area (Å²) in [5.74, 6) is 0. The lowest BCUT2D eigenvalue weighted by Crippen LogP contribution is -1.99. The summed E-state index contributed by atoms with van der Waals surface area (Å²) in [6.45, 7) is 1.92. The third-order valence-electron chi connectivity index (χ3n) is 2.59. The number of hydrogen-bond acceptors (Lipinski definition) is 3. The van der Waals surface area contributed by atoms with Gasteiger partial charge >= 0.3 is 0 Å². The van der Waals surface area contributed by atoms with E-state index in [-0.39, 0.29) is 0 Å². The van der Waals surface area contributed by atoms with E-state index in [2.05, 4.69) is 6.07 Å². The van der Waals surface area contributed by atoms with Gasteiger partial charge in [0, 0.05) is 0 Å². The van der Waals surface area contributed by atoms with Gasteiger partial charge in [-0.3, -0.25) is 0 Å². The zero-order valence-electron chi connectivity index (χ0n) is 9.77. The molecule has 2 N–H and O–H groups in total. The second-order valence-electron chi connectivity index (χ2n) is 3.83. The molecule has 0 spiro atoms. The monoisotopic (exact) mass is 274 g/mol. The minimum Gasteiger partial charge on any atom is -0.396 e. The SMILES string of the molecule is Cc1csc(/C(N)=C(/C#N)c2ccccc2)c1Cl. The summed E-state index contributed by atoms with van der Waals surface area (Å²) in [5.41, 5.74) is 8.76. The van der Waals surface area contributed by atoms with Gasteiger partial charge in [-0.15, -0.1) is 11.3 Å². The molecule has 2 aromatic rings. The molecular formula is C14H11ClN2S. The smallest absolute Gasteiger partial charge is 0.102 e. The second kappa shape index (κ2) is 5.26. The summed E-state index contributed by atoms with van der Waals surface area (Å²) in [4.78, 5) is 0.759. The molecule has 0 radical (unpaired) electrons. The van der Waals surface area contributed by atoms with Crippen molar-refractivity contribution in [3.8, 4) is 6.07 Å². The van der Waals surface area contributed by atoms with Gasteiger partial charge in [-0.2, -0.15) is 5.26 Å². The molecule has 1 heterocycles. The first-order chi connectivity index (χ1) is 8.65. The molecule has 18 heavy (non-hydrogen) atoms. The Morgan fingerprint density at radius 1 is 1.33 bits per heavy atom. The average Bonchev–Trinajstić information content (AvgIpc) is 2.72. The molecule has 4 heteroatoms. The minimum atomic E-state index is 0.437. The average molecular weight is 275 g/mol. The van der Waals surface area contributed by atoms with Crippen molar-refractivity contribution in [2.75, 3.05) is 0 Å². The maximum Gasteiger partial charge on any atom is 0.102 e. The first kappa shape index (κ1) is 12.7. The molecular weight excluding hydrogens is 264 g/mol. The number of halogens is 1. The summed E-state index contributed by atoms with van der Waals surface area (Å²) in [6, 6.07) is 11.5. The van der Waals surface area contributed by atoms with Gasteiger partial charge < -0.3 is 5.73 Å². The molecule has 1 aromatic carbocycles. The van der Waals surface area contributed by atoms with Gasteiger partial charge in [-0.05, 0) is 23.4 Å². The van der Waals surface area contributed by atoms with Crippen LogP contribution in [0.1, 0.15) is 16.0 Å². The van der Waals surface area contributed by atoms with Crippen LogP contribution in [-0.4, -0.2) is 0 Å². The maximum atomic E-state index is 9.28.